The minimum Gasteiger partial charge on any atom is -0.391 e. The third-order valence-corrected chi connectivity index (χ3v) is 4.55. The third kappa shape index (κ3) is 4.03. The molecule has 0 saturated carbocycles. The molecule has 22 heavy (non-hydrogen) atoms. The predicted octanol–water partition coefficient (Wildman–Crippen LogP) is 0.987. The van der Waals surface area contributed by atoms with Gasteiger partial charge in [-0.3, -0.25) is 9.69 Å². The van der Waals surface area contributed by atoms with Crippen LogP contribution in [0.15, 0.2) is 16.6 Å². The zero-order valence-electron chi connectivity index (χ0n) is 12.7. The summed E-state index contributed by atoms with van der Waals surface area (Å²) < 4.78 is 0.841. The number of pyridine rings is 1. The van der Waals surface area contributed by atoms with E-state index in [0.29, 0.717) is 31.7 Å². The third-order valence-electron chi connectivity index (χ3n) is 3.82. The minimum absolute atomic E-state index is 0.0247. The average Bonchev–Trinajstić information content (AvgIpc) is 2.81. The van der Waals surface area contributed by atoms with Crippen LogP contribution in [0.2, 0.25) is 0 Å². The van der Waals surface area contributed by atoms with Crippen molar-refractivity contribution in [3.8, 4) is 6.07 Å². The highest BCUT2D eigenvalue weighted by Crippen LogP contribution is 2.24. The predicted molar refractivity (Wildman–Crippen MR) is 84.7 cm³/mol. The molecule has 2 rings (SSSR count). The molecule has 1 aromatic heterocycles. The van der Waals surface area contributed by atoms with Crippen LogP contribution in [0.5, 0.6) is 0 Å². The lowest BCUT2D eigenvalue weighted by atomic mass is 10.0. The van der Waals surface area contributed by atoms with E-state index in [4.69, 9.17) is 5.26 Å². The van der Waals surface area contributed by atoms with Crippen molar-refractivity contribution in [3.63, 3.8) is 0 Å². The maximum absolute atomic E-state index is 11.8. The van der Waals surface area contributed by atoms with Gasteiger partial charge in [0.2, 0.25) is 5.91 Å². The highest BCUT2D eigenvalue weighted by Gasteiger charge is 2.33. The summed E-state index contributed by atoms with van der Waals surface area (Å²) in [5.74, 6) is -0.0375. The fourth-order valence-electron chi connectivity index (χ4n) is 2.55. The van der Waals surface area contributed by atoms with Crippen molar-refractivity contribution in [3.05, 3.63) is 28.0 Å². The van der Waals surface area contributed by atoms with Gasteiger partial charge in [0.15, 0.2) is 0 Å². The number of carbonyl (C=O) groups excluding carboxylic acids is 1. The number of likely N-dealkylation sites (tertiary alicyclic amines) is 1. The standard InChI is InChI=1S/C15H19BrN4O2/c1-19(2)15(22)5-10-7-20(9-14(10)21)8-13-12(16)4-3-11(6-17)18-13/h3-4,10,14,21H,5,7-9H2,1-2H3/t10-,14-/m1/s1. The van der Waals surface area contributed by atoms with Crippen molar-refractivity contribution < 1.29 is 9.90 Å². The molecule has 1 aromatic rings. The molecule has 0 unspecified atom stereocenters. The van der Waals surface area contributed by atoms with E-state index in [1.54, 1.807) is 31.1 Å². The summed E-state index contributed by atoms with van der Waals surface area (Å²) in [6.07, 6.45) is -0.167. The van der Waals surface area contributed by atoms with Gasteiger partial charge in [-0.15, -0.1) is 0 Å². The summed E-state index contributed by atoms with van der Waals surface area (Å²) >= 11 is 3.43. The van der Waals surface area contributed by atoms with E-state index in [1.165, 1.54) is 0 Å². The number of hydrogen-bond donors (Lipinski definition) is 1. The number of aliphatic hydroxyl groups is 1. The van der Waals surface area contributed by atoms with Gasteiger partial charge in [0.05, 0.1) is 11.8 Å². The summed E-state index contributed by atoms with van der Waals surface area (Å²) in [5, 5.41) is 19.1. The smallest absolute Gasteiger partial charge is 0.222 e. The van der Waals surface area contributed by atoms with Gasteiger partial charge >= 0.3 is 0 Å². The van der Waals surface area contributed by atoms with E-state index < -0.39 is 6.10 Å². The molecule has 2 atom stereocenters. The SMILES string of the molecule is CN(C)C(=O)C[C@@H]1CN(Cc2nc(C#N)ccc2Br)C[C@H]1O. The Labute approximate surface area is 138 Å². The van der Waals surface area contributed by atoms with Crippen LogP contribution in [-0.4, -0.2) is 59.1 Å². The van der Waals surface area contributed by atoms with Gasteiger partial charge in [-0.1, -0.05) is 0 Å². The summed E-state index contributed by atoms with van der Waals surface area (Å²) in [4.78, 5) is 19.7. The van der Waals surface area contributed by atoms with Gasteiger partial charge in [-0.25, -0.2) is 4.98 Å². The van der Waals surface area contributed by atoms with E-state index in [9.17, 15) is 9.90 Å². The molecule has 1 N–H and O–H groups in total. The zero-order valence-corrected chi connectivity index (χ0v) is 14.2. The molecule has 0 aromatic carbocycles. The van der Waals surface area contributed by atoms with Crippen LogP contribution in [0.3, 0.4) is 0 Å². The molecule has 0 radical (unpaired) electrons. The van der Waals surface area contributed by atoms with Crippen molar-refractivity contribution >= 4 is 21.8 Å². The molecule has 0 spiro atoms. The first kappa shape index (κ1) is 16.9. The summed E-state index contributed by atoms with van der Waals surface area (Å²) in [5.41, 5.74) is 1.14. The lowest BCUT2D eigenvalue weighted by molar-refractivity contribution is -0.130. The number of hydrogen-bond acceptors (Lipinski definition) is 5. The Hall–Kier alpha value is -1.49. The summed E-state index contributed by atoms with van der Waals surface area (Å²) in [6, 6.07) is 5.49. The molecule has 1 fully saturated rings. The molecular formula is C15H19BrN4O2. The normalized spacial score (nSPS) is 21.6. The number of aromatic nitrogens is 1. The van der Waals surface area contributed by atoms with Crippen LogP contribution in [0, 0.1) is 17.2 Å². The first-order valence-corrected chi connectivity index (χ1v) is 7.86. The molecule has 118 valence electrons. The summed E-state index contributed by atoms with van der Waals surface area (Å²) in [6.45, 7) is 1.70. The second kappa shape index (κ2) is 7.18. The molecular weight excluding hydrogens is 348 g/mol. The second-order valence-corrected chi connectivity index (χ2v) is 6.60. The molecule has 2 heterocycles. The number of halogens is 1. The number of rotatable bonds is 4. The van der Waals surface area contributed by atoms with Crippen LogP contribution in [0.1, 0.15) is 17.8 Å². The van der Waals surface area contributed by atoms with E-state index >= 15 is 0 Å². The van der Waals surface area contributed by atoms with Gasteiger partial charge in [0.1, 0.15) is 11.8 Å². The number of β-amino-alcohol motifs (C(OH)–C–C–N with tert-alkyl or cyclic N) is 1. The molecule has 1 amide bonds. The number of nitriles is 1. The van der Waals surface area contributed by atoms with Gasteiger partial charge < -0.3 is 10.0 Å². The molecule has 1 aliphatic rings. The van der Waals surface area contributed by atoms with Crippen molar-refractivity contribution in [1.82, 2.24) is 14.8 Å². The van der Waals surface area contributed by atoms with Crippen molar-refractivity contribution in [1.29, 1.82) is 5.26 Å². The van der Waals surface area contributed by atoms with Crippen LogP contribution >= 0.6 is 15.9 Å². The van der Waals surface area contributed by atoms with Crippen LogP contribution in [0.4, 0.5) is 0 Å². The first-order chi connectivity index (χ1) is 10.4. The maximum Gasteiger partial charge on any atom is 0.222 e. The first-order valence-electron chi connectivity index (χ1n) is 7.06. The Morgan fingerprint density at radius 1 is 1.55 bits per heavy atom. The van der Waals surface area contributed by atoms with Gasteiger partial charge in [0.25, 0.3) is 0 Å². The van der Waals surface area contributed by atoms with Crippen LogP contribution in [0.25, 0.3) is 0 Å². The number of aliphatic hydroxyl groups excluding tert-OH is 1. The zero-order chi connectivity index (χ0) is 16.3. The Kier molecular flexibility index (Phi) is 5.51. The monoisotopic (exact) mass is 366 g/mol. The lowest BCUT2D eigenvalue weighted by Crippen LogP contribution is -2.28. The molecule has 0 bridgehead atoms. The van der Waals surface area contributed by atoms with E-state index in [1.807, 2.05) is 6.07 Å². The largest absolute Gasteiger partial charge is 0.391 e. The van der Waals surface area contributed by atoms with Gasteiger partial charge in [-0.2, -0.15) is 5.26 Å². The highest BCUT2D eigenvalue weighted by atomic mass is 79.9. The Bertz CT molecular complexity index is 600. The second-order valence-electron chi connectivity index (χ2n) is 5.75. The molecule has 1 saturated heterocycles. The number of nitrogens with zero attached hydrogens (tertiary/aromatic N) is 4. The van der Waals surface area contributed by atoms with Crippen molar-refractivity contribution in [2.24, 2.45) is 5.92 Å². The maximum atomic E-state index is 11.8. The molecule has 6 nitrogen and oxygen atoms in total. The lowest BCUT2D eigenvalue weighted by Gasteiger charge is -2.17. The quantitative estimate of drug-likeness (QED) is 0.859. The Morgan fingerprint density at radius 3 is 2.91 bits per heavy atom. The highest BCUT2D eigenvalue weighted by molar-refractivity contribution is 9.10. The topological polar surface area (TPSA) is 80.5 Å². The van der Waals surface area contributed by atoms with Crippen LogP contribution in [-0.2, 0) is 11.3 Å². The van der Waals surface area contributed by atoms with Gasteiger partial charge in [0, 0.05) is 50.5 Å². The minimum atomic E-state index is -0.512. The van der Waals surface area contributed by atoms with E-state index in [2.05, 4.69) is 25.8 Å². The average molecular weight is 367 g/mol. The molecule has 1 aliphatic heterocycles. The Balaban J connectivity index is 2.01. The summed E-state index contributed by atoms with van der Waals surface area (Å²) in [7, 11) is 3.44. The van der Waals surface area contributed by atoms with Crippen LogP contribution < -0.4 is 0 Å². The van der Waals surface area contributed by atoms with Crippen molar-refractivity contribution in [2.75, 3.05) is 27.2 Å². The number of carbonyl (C=O) groups is 1. The number of amides is 1. The van der Waals surface area contributed by atoms with Gasteiger partial charge in [-0.05, 0) is 28.1 Å². The van der Waals surface area contributed by atoms with Crippen molar-refractivity contribution in [2.45, 2.75) is 19.1 Å². The molecule has 0 aliphatic carbocycles. The Morgan fingerprint density at radius 2 is 2.27 bits per heavy atom. The fraction of sp³-hybridized carbons (Fsp3) is 0.533. The fourth-order valence-corrected chi connectivity index (χ4v) is 2.89. The molecule has 7 heteroatoms. The van der Waals surface area contributed by atoms with E-state index in [-0.39, 0.29) is 11.8 Å². The van der Waals surface area contributed by atoms with E-state index in [0.717, 1.165) is 10.2 Å².